The third kappa shape index (κ3) is 3.98. The number of alkyl halides is 3. The highest BCUT2D eigenvalue weighted by Crippen LogP contribution is 2.37. The third-order valence-electron chi connectivity index (χ3n) is 4.82. The average Bonchev–Trinajstić information content (AvgIpc) is 2.61. The molecule has 2 aromatic rings. The van der Waals surface area contributed by atoms with Gasteiger partial charge in [-0.15, -0.1) is 0 Å². The highest BCUT2D eigenvalue weighted by molar-refractivity contribution is 5.50. The second-order valence-electron chi connectivity index (χ2n) is 6.65. The Balaban J connectivity index is 1.84. The predicted molar refractivity (Wildman–Crippen MR) is 92.6 cm³/mol. The zero-order valence-corrected chi connectivity index (χ0v) is 14.1. The SMILES string of the molecule is Cc1ccc(N2CCCC[C@@H]2c2ccc(C(O)C(F)(F)F)cc2)cc1. The fraction of sp³-hybridized carbons (Fsp3) is 0.400. The van der Waals surface area contributed by atoms with Gasteiger partial charge in [-0.1, -0.05) is 42.0 Å². The minimum atomic E-state index is -4.64. The minimum Gasteiger partial charge on any atom is -0.379 e. The fourth-order valence-electron chi connectivity index (χ4n) is 3.41. The standard InChI is InChI=1S/C20H22F3NO/c1-14-5-11-17(12-6-14)24-13-3-2-4-18(24)15-7-9-16(10-8-15)19(25)20(21,22)23/h5-12,18-19,25H,2-4,13H2,1H3/t18-,19?/m1/s1. The maximum Gasteiger partial charge on any atom is 0.418 e. The minimum absolute atomic E-state index is 0.117. The number of anilines is 1. The highest BCUT2D eigenvalue weighted by Gasteiger charge is 2.39. The van der Waals surface area contributed by atoms with Gasteiger partial charge >= 0.3 is 6.18 Å². The van der Waals surface area contributed by atoms with Gasteiger partial charge in [-0.3, -0.25) is 0 Å². The topological polar surface area (TPSA) is 23.5 Å². The van der Waals surface area contributed by atoms with E-state index in [0.29, 0.717) is 0 Å². The molecule has 134 valence electrons. The molecule has 1 unspecified atom stereocenters. The summed E-state index contributed by atoms with van der Waals surface area (Å²) in [6.45, 7) is 2.98. The van der Waals surface area contributed by atoms with E-state index >= 15 is 0 Å². The summed E-state index contributed by atoms with van der Waals surface area (Å²) in [6.07, 6.45) is -3.90. The van der Waals surface area contributed by atoms with Crippen LogP contribution >= 0.6 is 0 Å². The first-order valence-corrected chi connectivity index (χ1v) is 8.54. The van der Waals surface area contributed by atoms with Crippen molar-refractivity contribution in [2.45, 2.75) is 44.5 Å². The molecule has 2 atom stereocenters. The number of hydrogen-bond acceptors (Lipinski definition) is 2. The van der Waals surface area contributed by atoms with Crippen LogP contribution in [0.1, 0.15) is 48.1 Å². The Morgan fingerprint density at radius 2 is 1.64 bits per heavy atom. The van der Waals surface area contributed by atoms with E-state index < -0.39 is 12.3 Å². The first-order valence-electron chi connectivity index (χ1n) is 8.54. The number of aryl methyl sites for hydroxylation is 1. The predicted octanol–water partition coefficient (Wildman–Crippen LogP) is 5.32. The number of aliphatic hydroxyl groups excluding tert-OH is 1. The van der Waals surface area contributed by atoms with Crippen molar-refractivity contribution in [3.05, 3.63) is 65.2 Å². The molecule has 25 heavy (non-hydrogen) atoms. The molecule has 2 nitrogen and oxygen atoms in total. The normalized spacial score (nSPS) is 19.7. The lowest BCUT2D eigenvalue weighted by atomic mass is 9.93. The van der Waals surface area contributed by atoms with Crippen LogP contribution in [0, 0.1) is 6.92 Å². The molecule has 1 N–H and O–H groups in total. The molecule has 1 heterocycles. The molecule has 0 aliphatic carbocycles. The summed E-state index contributed by atoms with van der Waals surface area (Å²) in [5, 5.41) is 9.38. The molecule has 3 rings (SSSR count). The fourth-order valence-corrected chi connectivity index (χ4v) is 3.41. The first kappa shape index (κ1) is 17.8. The van der Waals surface area contributed by atoms with Gasteiger partial charge in [0.25, 0.3) is 0 Å². The molecule has 0 bridgehead atoms. The average molecular weight is 349 g/mol. The number of piperidine rings is 1. The molecule has 1 saturated heterocycles. The van der Waals surface area contributed by atoms with Gasteiger partial charge in [0.15, 0.2) is 6.10 Å². The van der Waals surface area contributed by atoms with Gasteiger partial charge in [0.05, 0.1) is 6.04 Å². The monoisotopic (exact) mass is 349 g/mol. The van der Waals surface area contributed by atoms with Gasteiger partial charge in [0.1, 0.15) is 0 Å². The van der Waals surface area contributed by atoms with E-state index in [4.69, 9.17) is 0 Å². The summed E-state index contributed by atoms with van der Waals surface area (Å²) in [5.74, 6) is 0. The lowest BCUT2D eigenvalue weighted by Gasteiger charge is -2.38. The van der Waals surface area contributed by atoms with E-state index in [-0.39, 0.29) is 11.6 Å². The van der Waals surface area contributed by atoms with Gasteiger partial charge in [-0.05, 0) is 49.4 Å². The molecule has 1 fully saturated rings. The van der Waals surface area contributed by atoms with Crippen LogP contribution in [0.25, 0.3) is 0 Å². The lowest BCUT2D eigenvalue weighted by Crippen LogP contribution is -2.33. The second-order valence-corrected chi connectivity index (χ2v) is 6.65. The molecule has 2 aromatic carbocycles. The van der Waals surface area contributed by atoms with Crippen LogP contribution in [0.2, 0.25) is 0 Å². The molecular formula is C20H22F3NO. The quantitative estimate of drug-likeness (QED) is 0.810. The van der Waals surface area contributed by atoms with Crippen molar-refractivity contribution in [2.24, 2.45) is 0 Å². The number of rotatable bonds is 3. The van der Waals surface area contributed by atoms with Crippen molar-refractivity contribution < 1.29 is 18.3 Å². The summed E-state index contributed by atoms with van der Waals surface area (Å²) in [7, 11) is 0. The lowest BCUT2D eigenvalue weighted by molar-refractivity contribution is -0.206. The first-order chi connectivity index (χ1) is 11.9. The van der Waals surface area contributed by atoms with Gasteiger partial charge in [-0.2, -0.15) is 13.2 Å². The molecule has 0 aromatic heterocycles. The van der Waals surface area contributed by atoms with Gasteiger partial charge < -0.3 is 10.0 Å². The Kier molecular flexibility index (Phi) is 5.04. The van der Waals surface area contributed by atoms with Crippen molar-refractivity contribution in [3.8, 4) is 0 Å². The number of hydrogen-bond donors (Lipinski definition) is 1. The van der Waals surface area contributed by atoms with Crippen LogP contribution in [0.4, 0.5) is 18.9 Å². The van der Waals surface area contributed by atoms with Crippen LogP contribution in [0.3, 0.4) is 0 Å². The van der Waals surface area contributed by atoms with Gasteiger partial charge in [0.2, 0.25) is 0 Å². The summed E-state index contributed by atoms with van der Waals surface area (Å²) in [5.41, 5.74) is 3.20. The Hall–Kier alpha value is -2.01. The summed E-state index contributed by atoms with van der Waals surface area (Å²) in [4.78, 5) is 2.32. The smallest absolute Gasteiger partial charge is 0.379 e. The van der Waals surface area contributed by atoms with E-state index in [2.05, 4.69) is 29.2 Å². The number of aliphatic hydroxyl groups is 1. The molecule has 0 spiro atoms. The van der Waals surface area contributed by atoms with Crippen LogP contribution in [0.5, 0.6) is 0 Å². The third-order valence-corrected chi connectivity index (χ3v) is 4.82. The van der Waals surface area contributed by atoms with Crippen LogP contribution in [-0.4, -0.2) is 17.8 Å². The maximum absolute atomic E-state index is 12.6. The molecule has 5 heteroatoms. The largest absolute Gasteiger partial charge is 0.418 e. The van der Waals surface area contributed by atoms with Crippen LogP contribution in [-0.2, 0) is 0 Å². The van der Waals surface area contributed by atoms with Crippen molar-refractivity contribution in [2.75, 3.05) is 11.4 Å². The maximum atomic E-state index is 12.6. The molecule has 0 saturated carbocycles. The summed E-state index contributed by atoms with van der Waals surface area (Å²) >= 11 is 0. The number of halogens is 3. The Morgan fingerprint density at radius 3 is 2.24 bits per heavy atom. The van der Waals surface area contributed by atoms with Crippen molar-refractivity contribution in [1.29, 1.82) is 0 Å². The van der Waals surface area contributed by atoms with Gasteiger partial charge in [-0.25, -0.2) is 0 Å². The summed E-state index contributed by atoms with van der Waals surface area (Å²) in [6, 6.07) is 14.7. The zero-order valence-electron chi connectivity index (χ0n) is 14.1. The Labute approximate surface area is 145 Å². The van der Waals surface area contributed by atoms with Crippen LogP contribution < -0.4 is 4.90 Å². The van der Waals surface area contributed by atoms with E-state index in [1.807, 2.05) is 6.92 Å². The zero-order chi connectivity index (χ0) is 18.0. The second kappa shape index (κ2) is 7.08. The van der Waals surface area contributed by atoms with E-state index in [0.717, 1.165) is 37.1 Å². The van der Waals surface area contributed by atoms with Crippen molar-refractivity contribution in [1.82, 2.24) is 0 Å². The molecule has 1 aliphatic heterocycles. The molecule has 1 aliphatic rings. The van der Waals surface area contributed by atoms with Gasteiger partial charge in [0, 0.05) is 12.2 Å². The molecule has 0 amide bonds. The van der Waals surface area contributed by atoms with Crippen molar-refractivity contribution >= 4 is 5.69 Å². The van der Waals surface area contributed by atoms with E-state index in [1.165, 1.54) is 17.7 Å². The van der Waals surface area contributed by atoms with E-state index in [1.54, 1.807) is 12.1 Å². The molecule has 0 radical (unpaired) electrons. The molecular weight excluding hydrogens is 327 g/mol. The Bertz CT molecular complexity index is 694. The number of nitrogens with zero attached hydrogens (tertiary/aromatic N) is 1. The highest BCUT2D eigenvalue weighted by atomic mass is 19.4. The number of benzene rings is 2. The van der Waals surface area contributed by atoms with Crippen molar-refractivity contribution in [3.63, 3.8) is 0 Å². The summed E-state index contributed by atoms with van der Waals surface area (Å²) < 4.78 is 37.9. The van der Waals surface area contributed by atoms with Crippen LogP contribution in [0.15, 0.2) is 48.5 Å². The van der Waals surface area contributed by atoms with E-state index in [9.17, 15) is 18.3 Å². The Morgan fingerprint density at radius 1 is 1.00 bits per heavy atom.